The molecular weight excluding hydrogens is 439 g/mol. The van der Waals surface area contributed by atoms with Gasteiger partial charge in [-0.2, -0.15) is 0 Å². The largest absolute Gasteiger partial charge is 0.335 e. The molecule has 1 saturated heterocycles. The standard InChI is InChI=1S/C18H14Cl2N4O6/c19-13-3-1-11(9-15(13)23(27)28)17(25)21-5-7-22(8-6-21)18(26)12-2-4-14(20)16(10-12)24(29)30/h1-4,9-10H,5-8H2. The number of halogens is 2. The van der Waals surface area contributed by atoms with Crippen molar-refractivity contribution in [1.29, 1.82) is 0 Å². The molecule has 12 heteroatoms. The maximum Gasteiger partial charge on any atom is 0.288 e. The average Bonchev–Trinajstić information content (AvgIpc) is 2.73. The molecule has 2 aromatic rings. The molecule has 0 N–H and O–H groups in total. The highest BCUT2D eigenvalue weighted by Gasteiger charge is 2.28. The van der Waals surface area contributed by atoms with Gasteiger partial charge in [0, 0.05) is 49.4 Å². The summed E-state index contributed by atoms with van der Waals surface area (Å²) in [5, 5.41) is 21.9. The van der Waals surface area contributed by atoms with Crippen molar-refractivity contribution < 1.29 is 19.4 Å². The van der Waals surface area contributed by atoms with E-state index in [0.717, 1.165) is 12.1 Å². The topological polar surface area (TPSA) is 127 Å². The molecule has 0 aliphatic carbocycles. The van der Waals surface area contributed by atoms with Crippen LogP contribution in [0.5, 0.6) is 0 Å². The molecule has 0 aromatic heterocycles. The Hall–Kier alpha value is -3.24. The summed E-state index contributed by atoms with van der Waals surface area (Å²) in [5.74, 6) is -0.826. The molecule has 0 saturated carbocycles. The van der Waals surface area contributed by atoms with Gasteiger partial charge < -0.3 is 9.80 Å². The number of nitro benzene ring substituents is 2. The Labute approximate surface area is 179 Å². The van der Waals surface area contributed by atoms with Gasteiger partial charge in [0.2, 0.25) is 0 Å². The molecule has 2 amide bonds. The lowest BCUT2D eigenvalue weighted by atomic mass is 10.1. The number of carbonyl (C=O) groups is 2. The summed E-state index contributed by atoms with van der Waals surface area (Å²) in [6, 6.07) is 7.63. The van der Waals surface area contributed by atoms with Gasteiger partial charge in [-0.25, -0.2) is 0 Å². The van der Waals surface area contributed by atoms with Crippen molar-refractivity contribution >= 4 is 46.4 Å². The number of nitrogens with zero attached hydrogens (tertiary/aromatic N) is 4. The van der Waals surface area contributed by atoms with Gasteiger partial charge in [0.15, 0.2) is 0 Å². The Bertz CT molecular complexity index is 969. The summed E-state index contributed by atoms with van der Waals surface area (Å²) in [5.41, 5.74) is -0.472. The summed E-state index contributed by atoms with van der Waals surface area (Å²) in [4.78, 5) is 49.0. The minimum atomic E-state index is -0.666. The highest BCUT2D eigenvalue weighted by atomic mass is 35.5. The van der Waals surface area contributed by atoms with Crippen molar-refractivity contribution in [2.75, 3.05) is 26.2 Å². The molecule has 10 nitrogen and oxygen atoms in total. The van der Waals surface area contributed by atoms with Crippen LogP contribution in [-0.2, 0) is 0 Å². The first-order valence-electron chi connectivity index (χ1n) is 8.65. The van der Waals surface area contributed by atoms with Gasteiger partial charge >= 0.3 is 0 Å². The zero-order valence-corrected chi connectivity index (χ0v) is 16.8. The molecule has 1 heterocycles. The number of benzene rings is 2. The van der Waals surface area contributed by atoms with Crippen molar-refractivity contribution in [1.82, 2.24) is 9.80 Å². The minimum absolute atomic E-state index is 0.0657. The number of nitro groups is 2. The summed E-state index contributed by atoms with van der Waals surface area (Å²) in [6.45, 7) is 0.820. The van der Waals surface area contributed by atoms with Crippen LogP contribution >= 0.6 is 23.2 Å². The number of carbonyl (C=O) groups excluding carboxylic acids is 2. The normalized spacial score (nSPS) is 13.8. The summed E-state index contributed by atoms with van der Waals surface area (Å²) in [6.07, 6.45) is 0. The van der Waals surface area contributed by atoms with Crippen LogP contribution in [0.25, 0.3) is 0 Å². The molecule has 1 aliphatic rings. The third kappa shape index (κ3) is 4.34. The molecule has 0 unspecified atom stereocenters. The Morgan fingerprint density at radius 2 is 1.07 bits per heavy atom. The third-order valence-electron chi connectivity index (χ3n) is 4.63. The van der Waals surface area contributed by atoms with Gasteiger partial charge in [0.1, 0.15) is 10.0 Å². The second kappa shape index (κ2) is 8.64. The fourth-order valence-corrected chi connectivity index (χ4v) is 3.42. The van der Waals surface area contributed by atoms with Gasteiger partial charge in [-0.1, -0.05) is 23.2 Å². The Morgan fingerprint density at radius 1 is 0.733 bits per heavy atom. The van der Waals surface area contributed by atoms with Crippen LogP contribution in [0.2, 0.25) is 10.0 Å². The van der Waals surface area contributed by atoms with E-state index in [2.05, 4.69) is 0 Å². The quantitative estimate of drug-likeness (QED) is 0.516. The van der Waals surface area contributed by atoms with E-state index in [1.165, 1.54) is 34.1 Å². The monoisotopic (exact) mass is 452 g/mol. The van der Waals surface area contributed by atoms with E-state index in [0.29, 0.717) is 0 Å². The maximum absolute atomic E-state index is 12.7. The van der Waals surface area contributed by atoms with Gasteiger partial charge in [-0.15, -0.1) is 0 Å². The average molecular weight is 453 g/mol. The number of piperazine rings is 1. The predicted octanol–water partition coefficient (Wildman–Crippen LogP) is 3.41. The fraction of sp³-hybridized carbons (Fsp3) is 0.222. The van der Waals surface area contributed by atoms with Crippen molar-refractivity contribution in [3.8, 4) is 0 Å². The lowest BCUT2D eigenvalue weighted by molar-refractivity contribution is -0.384. The molecule has 1 aliphatic heterocycles. The highest BCUT2D eigenvalue weighted by molar-refractivity contribution is 6.33. The molecule has 156 valence electrons. The highest BCUT2D eigenvalue weighted by Crippen LogP contribution is 2.27. The first-order valence-corrected chi connectivity index (χ1v) is 9.41. The summed E-state index contributed by atoms with van der Waals surface area (Å²) in [7, 11) is 0. The molecule has 0 atom stereocenters. The summed E-state index contributed by atoms with van der Waals surface area (Å²) >= 11 is 11.5. The van der Waals surface area contributed by atoms with E-state index in [1.54, 1.807) is 0 Å². The number of hydrogen-bond acceptors (Lipinski definition) is 6. The SMILES string of the molecule is O=C(c1ccc(Cl)c([N+](=O)[O-])c1)N1CCN(C(=O)c2ccc(Cl)c([N+](=O)[O-])c2)CC1. The summed E-state index contributed by atoms with van der Waals surface area (Å²) < 4.78 is 0. The first-order chi connectivity index (χ1) is 14.2. The second-order valence-corrected chi connectivity index (χ2v) is 7.25. The van der Waals surface area contributed by atoms with Crippen LogP contribution in [0, 0.1) is 20.2 Å². The molecule has 30 heavy (non-hydrogen) atoms. The van der Waals surface area contributed by atoms with Crippen LogP contribution in [-0.4, -0.2) is 57.6 Å². The number of hydrogen-bond donors (Lipinski definition) is 0. The van der Waals surface area contributed by atoms with Crippen molar-refractivity contribution in [3.63, 3.8) is 0 Å². The Balaban J connectivity index is 1.69. The van der Waals surface area contributed by atoms with Crippen LogP contribution in [0.1, 0.15) is 20.7 Å². The molecular formula is C18H14Cl2N4O6. The van der Waals surface area contributed by atoms with Gasteiger partial charge in [0.05, 0.1) is 9.85 Å². The van der Waals surface area contributed by atoms with Crippen molar-refractivity contribution in [2.24, 2.45) is 0 Å². The fourth-order valence-electron chi connectivity index (χ4n) is 3.05. The molecule has 3 rings (SSSR count). The van der Waals surface area contributed by atoms with E-state index in [-0.39, 0.29) is 58.7 Å². The first kappa shape index (κ1) is 21.5. The van der Waals surface area contributed by atoms with Gasteiger partial charge in [-0.3, -0.25) is 29.8 Å². The zero-order chi connectivity index (χ0) is 22.0. The van der Waals surface area contributed by atoms with E-state index in [9.17, 15) is 29.8 Å². The van der Waals surface area contributed by atoms with E-state index < -0.39 is 21.7 Å². The van der Waals surface area contributed by atoms with Crippen LogP contribution in [0.3, 0.4) is 0 Å². The molecule has 2 aromatic carbocycles. The van der Waals surface area contributed by atoms with Crippen LogP contribution in [0.15, 0.2) is 36.4 Å². The van der Waals surface area contributed by atoms with Crippen molar-refractivity contribution in [3.05, 3.63) is 77.8 Å². The van der Waals surface area contributed by atoms with Crippen molar-refractivity contribution in [2.45, 2.75) is 0 Å². The number of amides is 2. The smallest absolute Gasteiger partial charge is 0.288 e. The maximum atomic E-state index is 12.7. The van der Waals surface area contributed by atoms with Gasteiger partial charge in [-0.05, 0) is 24.3 Å². The lowest BCUT2D eigenvalue weighted by Gasteiger charge is -2.34. The predicted molar refractivity (Wildman–Crippen MR) is 108 cm³/mol. The van der Waals surface area contributed by atoms with Gasteiger partial charge in [0.25, 0.3) is 23.2 Å². The molecule has 0 spiro atoms. The minimum Gasteiger partial charge on any atom is -0.335 e. The second-order valence-electron chi connectivity index (χ2n) is 6.43. The molecule has 0 radical (unpaired) electrons. The Kier molecular flexibility index (Phi) is 6.18. The van der Waals surface area contributed by atoms with Crippen LogP contribution < -0.4 is 0 Å². The lowest BCUT2D eigenvalue weighted by Crippen LogP contribution is -2.50. The third-order valence-corrected chi connectivity index (χ3v) is 5.27. The van der Waals surface area contributed by atoms with E-state index in [1.807, 2.05) is 0 Å². The van der Waals surface area contributed by atoms with Crippen LogP contribution in [0.4, 0.5) is 11.4 Å². The van der Waals surface area contributed by atoms with E-state index in [4.69, 9.17) is 23.2 Å². The zero-order valence-electron chi connectivity index (χ0n) is 15.3. The number of rotatable bonds is 4. The van der Waals surface area contributed by atoms with E-state index >= 15 is 0 Å². The molecule has 1 fully saturated rings. The molecule has 0 bridgehead atoms. The Morgan fingerprint density at radius 3 is 1.37 bits per heavy atom.